The Balaban J connectivity index is 1.18. The molecule has 2 aromatic rings. The first kappa shape index (κ1) is 19.8. The van der Waals surface area contributed by atoms with Crippen LogP contribution in [-0.4, -0.2) is 42.9 Å². The molecule has 1 spiro atoms. The van der Waals surface area contributed by atoms with Crippen LogP contribution in [-0.2, 0) is 0 Å². The normalized spacial score (nSPS) is 22.1. The third-order valence-corrected chi connectivity index (χ3v) is 8.13. The quantitative estimate of drug-likeness (QED) is 0.605. The van der Waals surface area contributed by atoms with Gasteiger partial charge in [-0.25, -0.2) is 0 Å². The number of nitrogens with zero attached hydrogens (tertiary/aromatic N) is 2. The molecular weight excluding hydrogens is 368 g/mol. The number of carbonyl (C=O) groups is 1. The van der Waals surface area contributed by atoms with E-state index in [0.29, 0.717) is 5.41 Å². The van der Waals surface area contributed by atoms with E-state index < -0.39 is 0 Å². The van der Waals surface area contributed by atoms with Crippen molar-refractivity contribution in [2.75, 3.05) is 31.1 Å². The predicted octanol–water partition coefficient (Wildman–Crippen LogP) is 5.79. The number of ketones is 1. The summed E-state index contributed by atoms with van der Waals surface area (Å²) in [7, 11) is 0. The smallest absolute Gasteiger partial charge is 0.159 e. The van der Waals surface area contributed by atoms with Crippen molar-refractivity contribution in [3.8, 4) is 11.1 Å². The number of rotatable bonds is 4. The maximum Gasteiger partial charge on any atom is 0.159 e. The first-order valence-electron chi connectivity index (χ1n) is 11.8. The monoisotopic (exact) mass is 402 g/mol. The third-order valence-electron chi connectivity index (χ3n) is 8.13. The standard InChI is InChI=1S/C27H34N2O/c1-21(30)22-5-7-23(8-6-22)24-9-11-26(12-10-24)29-19-15-27(16-20-29)13-17-28(18-14-27)25-3-2-4-25/h5-12,25H,2-4,13-20H2,1H3. The van der Waals surface area contributed by atoms with Gasteiger partial charge in [0.1, 0.15) is 0 Å². The lowest BCUT2D eigenvalue weighted by Gasteiger charge is -2.50. The highest BCUT2D eigenvalue weighted by Gasteiger charge is 2.39. The predicted molar refractivity (Wildman–Crippen MR) is 124 cm³/mol. The van der Waals surface area contributed by atoms with E-state index in [9.17, 15) is 4.79 Å². The Morgan fingerprint density at radius 2 is 1.33 bits per heavy atom. The van der Waals surface area contributed by atoms with Crippen LogP contribution in [0.25, 0.3) is 11.1 Å². The topological polar surface area (TPSA) is 23.6 Å². The summed E-state index contributed by atoms with van der Waals surface area (Å²) < 4.78 is 0. The number of hydrogen-bond donors (Lipinski definition) is 0. The molecule has 5 rings (SSSR count). The van der Waals surface area contributed by atoms with E-state index in [1.165, 1.54) is 87.9 Å². The summed E-state index contributed by atoms with van der Waals surface area (Å²) in [5.74, 6) is 0.119. The number of benzene rings is 2. The Hall–Kier alpha value is -2.13. The van der Waals surface area contributed by atoms with Crippen molar-refractivity contribution in [1.82, 2.24) is 4.90 Å². The molecule has 0 bridgehead atoms. The number of likely N-dealkylation sites (tertiary alicyclic amines) is 1. The Morgan fingerprint density at radius 3 is 1.83 bits per heavy atom. The van der Waals surface area contributed by atoms with Crippen molar-refractivity contribution < 1.29 is 4.79 Å². The minimum Gasteiger partial charge on any atom is -0.371 e. The summed E-state index contributed by atoms with van der Waals surface area (Å²) in [4.78, 5) is 16.8. The number of piperidine rings is 2. The zero-order chi connectivity index (χ0) is 20.6. The van der Waals surface area contributed by atoms with E-state index in [4.69, 9.17) is 0 Å². The van der Waals surface area contributed by atoms with Crippen LogP contribution in [0.4, 0.5) is 5.69 Å². The average molecular weight is 403 g/mol. The van der Waals surface area contributed by atoms with Crippen molar-refractivity contribution in [3.63, 3.8) is 0 Å². The molecule has 0 atom stereocenters. The van der Waals surface area contributed by atoms with E-state index in [1.54, 1.807) is 6.92 Å². The largest absolute Gasteiger partial charge is 0.371 e. The minimum atomic E-state index is 0.119. The molecule has 0 amide bonds. The molecule has 3 aliphatic rings. The SMILES string of the molecule is CC(=O)c1ccc(-c2ccc(N3CCC4(CC3)CCN(C3CCC3)CC4)cc2)cc1. The fourth-order valence-corrected chi connectivity index (χ4v) is 5.62. The van der Waals surface area contributed by atoms with E-state index in [-0.39, 0.29) is 5.78 Å². The Morgan fingerprint density at radius 1 is 0.800 bits per heavy atom. The molecule has 2 saturated heterocycles. The van der Waals surface area contributed by atoms with E-state index in [1.807, 2.05) is 24.3 Å². The Labute approximate surface area is 181 Å². The first-order valence-corrected chi connectivity index (χ1v) is 11.8. The maximum atomic E-state index is 11.5. The summed E-state index contributed by atoms with van der Waals surface area (Å²) in [6.07, 6.45) is 9.84. The summed E-state index contributed by atoms with van der Waals surface area (Å²) in [5, 5.41) is 0. The van der Waals surface area contributed by atoms with Gasteiger partial charge < -0.3 is 9.80 Å². The molecule has 3 fully saturated rings. The Kier molecular flexibility index (Phi) is 5.41. The van der Waals surface area contributed by atoms with Gasteiger partial charge in [0, 0.05) is 30.4 Å². The lowest BCUT2D eigenvalue weighted by atomic mass is 9.70. The van der Waals surface area contributed by atoms with Gasteiger partial charge in [0.25, 0.3) is 0 Å². The highest BCUT2D eigenvalue weighted by Crippen LogP contribution is 2.43. The van der Waals surface area contributed by atoms with Gasteiger partial charge in [0.2, 0.25) is 0 Å². The lowest BCUT2D eigenvalue weighted by Crippen LogP contribution is -2.50. The second kappa shape index (κ2) is 8.19. The molecule has 2 aliphatic heterocycles. The van der Waals surface area contributed by atoms with Gasteiger partial charge in [0.05, 0.1) is 0 Å². The van der Waals surface area contributed by atoms with Gasteiger partial charge in [-0.3, -0.25) is 4.79 Å². The molecule has 0 unspecified atom stereocenters. The fourth-order valence-electron chi connectivity index (χ4n) is 5.62. The van der Waals surface area contributed by atoms with Crippen LogP contribution < -0.4 is 4.90 Å². The summed E-state index contributed by atoms with van der Waals surface area (Å²) in [6.45, 7) is 6.67. The highest BCUT2D eigenvalue weighted by atomic mass is 16.1. The molecule has 0 radical (unpaired) electrons. The van der Waals surface area contributed by atoms with Crippen molar-refractivity contribution >= 4 is 11.5 Å². The van der Waals surface area contributed by atoms with Gasteiger partial charge in [-0.15, -0.1) is 0 Å². The second-order valence-corrected chi connectivity index (χ2v) is 9.79. The van der Waals surface area contributed by atoms with E-state index in [2.05, 4.69) is 34.1 Å². The third kappa shape index (κ3) is 3.92. The molecule has 0 aromatic heterocycles. The van der Waals surface area contributed by atoms with Crippen molar-refractivity contribution in [3.05, 3.63) is 54.1 Å². The zero-order valence-electron chi connectivity index (χ0n) is 18.3. The molecule has 1 aliphatic carbocycles. The van der Waals surface area contributed by atoms with Gasteiger partial charge in [-0.1, -0.05) is 42.8 Å². The van der Waals surface area contributed by atoms with Gasteiger partial charge in [-0.2, -0.15) is 0 Å². The number of carbonyl (C=O) groups excluding carboxylic acids is 1. The molecule has 0 N–H and O–H groups in total. The van der Waals surface area contributed by atoms with Gasteiger partial charge in [-0.05, 0) is 87.2 Å². The maximum absolute atomic E-state index is 11.5. The molecule has 2 aromatic carbocycles. The summed E-state index contributed by atoms with van der Waals surface area (Å²) in [5.41, 5.74) is 5.11. The van der Waals surface area contributed by atoms with Crippen molar-refractivity contribution in [1.29, 1.82) is 0 Å². The highest BCUT2D eigenvalue weighted by molar-refractivity contribution is 5.94. The van der Waals surface area contributed by atoms with Crippen LogP contribution in [0.3, 0.4) is 0 Å². The molecule has 3 nitrogen and oxygen atoms in total. The number of Topliss-reactive ketones (excluding diaryl/α,β-unsaturated/α-hetero) is 1. The summed E-state index contributed by atoms with van der Waals surface area (Å²) >= 11 is 0. The lowest BCUT2D eigenvalue weighted by molar-refractivity contribution is 0.0306. The molecule has 158 valence electrons. The molecule has 30 heavy (non-hydrogen) atoms. The van der Waals surface area contributed by atoms with E-state index >= 15 is 0 Å². The zero-order valence-corrected chi connectivity index (χ0v) is 18.3. The van der Waals surface area contributed by atoms with Gasteiger partial charge >= 0.3 is 0 Å². The van der Waals surface area contributed by atoms with Crippen molar-refractivity contribution in [2.45, 2.75) is 57.9 Å². The first-order chi connectivity index (χ1) is 14.6. The molecule has 1 saturated carbocycles. The Bertz CT molecular complexity index is 864. The molecule has 2 heterocycles. The minimum absolute atomic E-state index is 0.119. The van der Waals surface area contributed by atoms with Gasteiger partial charge in [0.15, 0.2) is 5.78 Å². The van der Waals surface area contributed by atoms with Crippen LogP contribution >= 0.6 is 0 Å². The average Bonchev–Trinajstić information content (AvgIpc) is 2.75. The second-order valence-electron chi connectivity index (χ2n) is 9.79. The fraction of sp³-hybridized carbons (Fsp3) is 0.519. The molecular formula is C27H34N2O. The number of hydrogen-bond acceptors (Lipinski definition) is 3. The van der Waals surface area contributed by atoms with Crippen LogP contribution in [0.15, 0.2) is 48.5 Å². The van der Waals surface area contributed by atoms with Crippen molar-refractivity contribution in [2.24, 2.45) is 5.41 Å². The summed E-state index contributed by atoms with van der Waals surface area (Å²) in [6, 6.07) is 17.8. The van der Waals surface area contributed by atoms with Crippen LogP contribution in [0, 0.1) is 5.41 Å². The van der Waals surface area contributed by atoms with E-state index in [0.717, 1.165) is 11.6 Å². The van der Waals surface area contributed by atoms with Crippen LogP contribution in [0.5, 0.6) is 0 Å². The number of anilines is 1. The van der Waals surface area contributed by atoms with Crippen LogP contribution in [0.2, 0.25) is 0 Å². The molecule has 3 heteroatoms. The van der Waals surface area contributed by atoms with Crippen LogP contribution in [0.1, 0.15) is 62.2 Å².